The Kier molecular flexibility index (Phi) is 5.95. The number of carbonyl (C=O) groups excluding carboxylic acids is 2. The molecule has 17 heavy (non-hydrogen) atoms. The van der Waals surface area contributed by atoms with Crippen molar-refractivity contribution in [2.45, 2.75) is 45.4 Å². The predicted molar refractivity (Wildman–Crippen MR) is 66.5 cm³/mol. The third-order valence-electron chi connectivity index (χ3n) is 3.38. The molecule has 0 N–H and O–H groups in total. The van der Waals surface area contributed by atoms with Gasteiger partial charge in [-0.25, -0.2) is 0 Å². The highest BCUT2D eigenvalue weighted by Gasteiger charge is 2.15. The summed E-state index contributed by atoms with van der Waals surface area (Å²) in [6.07, 6.45) is 9.72. The van der Waals surface area contributed by atoms with E-state index in [0.29, 0.717) is 18.8 Å². The van der Waals surface area contributed by atoms with Crippen LogP contribution < -0.4 is 0 Å². The van der Waals surface area contributed by atoms with Crippen molar-refractivity contribution in [3.8, 4) is 0 Å². The van der Waals surface area contributed by atoms with Crippen molar-refractivity contribution in [3.05, 3.63) is 12.2 Å². The zero-order valence-corrected chi connectivity index (χ0v) is 10.8. The van der Waals surface area contributed by atoms with Crippen LogP contribution in [0, 0.1) is 11.8 Å². The van der Waals surface area contributed by atoms with E-state index in [4.69, 9.17) is 0 Å². The van der Waals surface area contributed by atoms with Gasteiger partial charge in [-0.05, 0) is 31.3 Å². The Morgan fingerprint density at radius 3 is 2.59 bits per heavy atom. The molecule has 1 aliphatic carbocycles. The van der Waals surface area contributed by atoms with E-state index in [0.717, 1.165) is 0 Å². The first-order chi connectivity index (χ1) is 8.13. The van der Waals surface area contributed by atoms with Crippen molar-refractivity contribution in [2.24, 2.45) is 11.8 Å². The molecule has 1 saturated carbocycles. The molecule has 0 aromatic carbocycles. The first-order valence-electron chi connectivity index (χ1n) is 6.42. The second kappa shape index (κ2) is 7.25. The molecule has 3 heteroatoms. The Balaban J connectivity index is 2.22. The van der Waals surface area contributed by atoms with Crippen molar-refractivity contribution >= 4 is 11.8 Å². The molecule has 0 bridgehead atoms. The van der Waals surface area contributed by atoms with Crippen LogP contribution in [-0.2, 0) is 14.3 Å². The summed E-state index contributed by atoms with van der Waals surface area (Å²) >= 11 is 0. The number of carbonyl (C=O) groups is 2. The van der Waals surface area contributed by atoms with Gasteiger partial charge in [0.05, 0.1) is 13.0 Å². The van der Waals surface area contributed by atoms with Crippen molar-refractivity contribution in [2.75, 3.05) is 7.11 Å². The van der Waals surface area contributed by atoms with E-state index in [1.807, 2.05) is 6.08 Å². The van der Waals surface area contributed by atoms with Crippen LogP contribution in [0.5, 0.6) is 0 Å². The Bertz CT molecular complexity index is 288. The predicted octanol–water partition coefficient (Wildman–Crippen LogP) is 2.89. The molecule has 0 amide bonds. The fraction of sp³-hybridized carbons (Fsp3) is 0.714. The molecule has 0 aliphatic heterocycles. The topological polar surface area (TPSA) is 43.4 Å². The number of ether oxygens (including phenoxy) is 1. The van der Waals surface area contributed by atoms with Crippen LogP contribution in [0.1, 0.15) is 45.4 Å². The maximum Gasteiger partial charge on any atom is 0.308 e. The molecule has 3 nitrogen and oxygen atoms in total. The summed E-state index contributed by atoms with van der Waals surface area (Å²) < 4.78 is 4.62. The van der Waals surface area contributed by atoms with E-state index in [1.165, 1.54) is 32.8 Å². The summed E-state index contributed by atoms with van der Waals surface area (Å²) in [7, 11) is 1.38. The quantitative estimate of drug-likeness (QED) is 0.528. The highest BCUT2D eigenvalue weighted by atomic mass is 16.5. The Labute approximate surface area is 103 Å². The second-order valence-electron chi connectivity index (χ2n) is 4.83. The van der Waals surface area contributed by atoms with E-state index in [-0.39, 0.29) is 17.7 Å². The summed E-state index contributed by atoms with van der Waals surface area (Å²) in [5.74, 6) is 0.283. The summed E-state index contributed by atoms with van der Waals surface area (Å²) in [6, 6.07) is 0. The molecule has 0 heterocycles. The fourth-order valence-electron chi connectivity index (χ4n) is 2.15. The summed E-state index contributed by atoms with van der Waals surface area (Å²) in [5, 5.41) is 0. The largest absolute Gasteiger partial charge is 0.469 e. The number of hydrogen-bond donors (Lipinski definition) is 0. The van der Waals surface area contributed by atoms with Gasteiger partial charge in [0.15, 0.2) is 5.78 Å². The molecule has 96 valence electrons. The van der Waals surface area contributed by atoms with Gasteiger partial charge in [-0.15, -0.1) is 0 Å². The standard InChI is InChI=1S/C14H22O3/c1-11(14(16)17-2)7-9-13(15)10-8-12-5-3-4-6-12/h8,10-12H,3-7,9H2,1-2H3/b10-8+/t11-/m0/s1. The van der Waals surface area contributed by atoms with Gasteiger partial charge in [-0.3, -0.25) is 9.59 Å². The first kappa shape index (κ1) is 13.9. The number of ketones is 1. The maximum atomic E-state index is 11.6. The van der Waals surface area contributed by atoms with Crippen molar-refractivity contribution in [3.63, 3.8) is 0 Å². The van der Waals surface area contributed by atoms with E-state index in [1.54, 1.807) is 13.0 Å². The number of rotatable bonds is 6. The molecule has 1 atom stereocenters. The van der Waals surface area contributed by atoms with Crippen LogP contribution in [0.15, 0.2) is 12.2 Å². The molecule has 0 unspecified atom stereocenters. The molecule has 0 spiro atoms. The highest BCUT2D eigenvalue weighted by molar-refractivity contribution is 5.89. The molecular formula is C14H22O3. The maximum absolute atomic E-state index is 11.6. The van der Waals surface area contributed by atoms with Gasteiger partial charge in [0.2, 0.25) is 0 Å². The average molecular weight is 238 g/mol. The average Bonchev–Trinajstić information content (AvgIpc) is 2.85. The lowest BCUT2D eigenvalue weighted by Crippen LogP contribution is -2.13. The molecule has 0 aromatic heterocycles. The van der Waals surface area contributed by atoms with Gasteiger partial charge in [0, 0.05) is 6.42 Å². The number of hydrogen-bond acceptors (Lipinski definition) is 3. The third kappa shape index (κ3) is 5.16. The zero-order chi connectivity index (χ0) is 12.7. The van der Waals surface area contributed by atoms with Crippen LogP contribution in [-0.4, -0.2) is 18.9 Å². The summed E-state index contributed by atoms with van der Waals surface area (Å²) in [6.45, 7) is 1.79. The molecule has 0 aromatic rings. The molecule has 1 rings (SSSR count). The van der Waals surface area contributed by atoms with Gasteiger partial charge in [-0.1, -0.05) is 25.8 Å². The highest BCUT2D eigenvalue weighted by Crippen LogP contribution is 2.25. The molecule has 1 aliphatic rings. The van der Waals surface area contributed by atoms with Gasteiger partial charge < -0.3 is 4.74 Å². The Morgan fingerprint density at radius 2 is 2.00 bits per heavy atom. The number of allylic oxidation sites excluding steroid dienone is 2. The van der Waals surface area contributed by atoms with Gasteiger partial charge in [0.1, 0.15) is 0 Å². The minimum Gasteiger partial charge on any atom is -0.469 e. The monoisotopic (exact) mass is 238 g/mol. The molecular weight excluding hydrogens is 216 g/mol. The van der Waals surface area contributed by atoms with Crippen molar-refractivity contribution in [1.82, 2.24) is 0 Å². The fourth-order valence-corrected chi connectivity index (χ4v) is 2.15. The Morgan fingerprint density at radius 1 is 1.35 bits per heavy atom. The van der Waals surface area contributed by atoms with Crippen LogP contribution in [0.25, 0.3) is 0 Å². The van der Waals surface area contributed by atoms with E-state index < -0.39 is 0 Å². The lowest BCUT2D eigenvalue weighted by atomic mass is 10.0. The van der Waals surface area contributed by atoms with Crippen LogP contribution in [0.4, 0.5) is 0 Å². The number of esters is 1. The lowest BCUT2D eigenvalue weighted by Gasteiger charge is -2.07. The van der Waals surface area contributed by atoms with Gasteiger partial charge >= 0.3 is 5.97 Å². The molecule has 0 saturated heterocycles. The van der Waals surface area contributed by atoms with Gasteiger partial charge in [-0.2, -0.15) is 0 Å². The summed E-state index contributed by atoms with van der Waals surface area (Å²) in [5.41, 5.74) is 0. The van der Waals surface area contributed by atoms with Crippen LogP contribution in [0.3, 0.4) is 0 Å². The Hall–Kier alpha value is -1.12. The SMILES string of the molecule is COC(=O)[C@@H](C)CCC(=O)/C=C/C1CCCC1. The van der Waals surface area contributed by atoms with E-state index in [2.05, 4.69) is 4.74 Å². The minimum absolute atomic E-state index is 0.118. The van der Waals surface area contributed by atoms with E-state index >= 15 is 0 Å². The minimum atomic E-state index is -0.238. The number of methoxy groups -OCH3 is 1. The lowest BCUT2D eigenvalue weighted by molar-refractivity contribution is -0.145. The first-order valence-corrected chi connectivity index (χ1v) is 6.42. The zero-order valence-electron chi connectivity index (χ0n) is 10.8. The molecule has 1 fully saturated rings. The van der Waals surface area contributed by atoms with Crippen molar-refractivity contribution in [1.29, 1.82) is 0 Å². The van der Waals surface area contributed by atoms with Gasteiger partial charge in [0.25, 0.3) is 0 Å². The third-order valence-corrected chi connectivity index (χ3v) is 3.38. The van der Waals surface area contributed by atoms with Crippen LogP contribution in [0.2, 0.25) is 0 Å². The molecule has 0 radical (unpaired) electrons. The second-order valence-corrected chi connectivity index (χ2v) is 4.83. The van der Waals surface area contributed by atoms with Crippen molar-refractivity contribution < 1.29 is 14.3 Å². The summed E-state index contributed by atoms with van der Waals surface area (Å²) in [4.78, 5) is 22.7. The smallest absolute Gasteiger partial charge is 0.308 e. The normalized spacial score (nSPS) is 18.5. The van der Waals surface area contributed by atoms with E-state index in [9.17, 15) is 9.59 Å². The van der Waals surface area contributed by atoms with Crippen LogP contribution >= 0.6 is 0 Å².